The summed E-state index contributed by atoms with van der Waals surface area (Å²) in [5.74, 6) is 5.01. The second-order valence-corrected chi connectivity index (χ2v) is 6.86. The minimum Gasteiger partial charge on any atom is -0.450 e. The highest BCUT2D eigenvalue weighted by Crippen LogP contribution is 2.40. The van der Waals surface area contributed by atoms with E-state index in [1.807, 2.05) is 32.0 Å². The molecule has 1 atom stereocenters. The first-order valence-electron chi connectivity index (χ1n) is 10.2. The zero-order valence-corrected chi connectivity index (χ0v) is 16.0. The first-order valence-corrected chi connectivity index (χ1v) is 9.76. The number of esters is 1. The summed E-state index contributed by atoms with van der Waals surface area (Å²) in [7, 11) is 0. The molecule has 1 unspecified atom stereocenters. The Hall–Kier alpha value is -1.83. The van der Waals surface area contributed by atoms with Gasteiger partial charge in [0.1, 0.15) is 6.54 Å². The summed E-state index contributed by atoms with van der Waals surface area (Å²) in [6.07, 6.45) is 4.81. The molecule has 0 radical (unpaired) electrons. The lowest BCUT2D eigenvalue weighted by atomic mass is 9.73. The summed E-state index contributed by atoms with van der Waals surface area (Å²) >= 11 is 0. The van der Waals surface area contributed by atoms with Gasteiger partial charge in [0, 0.05) is 5.92 Å². The molecule has 26 heavy (non-hydrogen) atoms. The highest BCUT2D eigenvalue weighted by molar-refractivity contribution is 5.81. The minimum atomic E-state index is -1.62. The maximum Gasteiger partial charge on any atom is 0.348 e. The number of nitrogens with one attached hydrogen (secondary N) is 1. The average molecular weight is 360 g/mol. The molecular formula is C22H32NO3+. The van der Waals surface area contributed by atoms with Crippen molar-refractivity contribution in [3.63, 3.8) is 0 Å². The van der Waals surface area contributed by atoms with Crippen molar-refractivity contribution in [2.75, 3.05) is 26.2 Å². The highest BCUT2D eigenvalue weighted by Gasteiger charge is 2.46. The molecular weight excluding hydrogens is 326 g/mol. The van der Waals surface area contributed by atoms with Crippen LogP contribution in [0.25, 0.3) is 0 Å². The predicted octanol–water partition coefficient (Wildman–Crippen LogP) is 1.93. The first-order chi connectivity index (χ1) is 13.0. The topological polar surface area (TPSA) is 51.0 Å². The summed E-state index contributed by atoms with van der Waals surface area (Å²) in [6, 6.07) is 9.11. The number of carbonyl (C=O) groups is 1. The minimum absolute atomic E-state index is 0.0614. The van der Waals surface area contributed by atoms with E-state index in [1.165, 1.54) is 0 Å². The molecule has 4 nitrogen and oxygen atoms in total. The Bertz CT molecular complexity index is 657. The number of hydrogen-bond acceptors (Lipinski definition) is 3. The summed E-state index contributed by atoms with van der Waals surface area (Å²) in [4.78, 5) is 13.0. The fourth-order valence-electron chi connectivity index (χ4n) is 3.61. The molecule has 1 aromatic carbocycles. The summed E-state index contributed by atoms with van der Waals surface area (Å²) in [5, 5.41) is 11.4. The van der Waals surface area contributed by atoms with Gasteiger partial charge in [-0.25, -0.2) is 4.79 Å². The van der Waals surface area contributed by atoms with Crippen molar-refractivity contribution in [1.82, 2.24) is 0 Å². The van der Waals surface area contributed by atoms with Gasteiger partial charge in [-0.15, -0.1) is 0 Å². The van der Waals surface area contributed by atoms with E-state index in [4.69, 9.17) is 6.15 Å². The number of carbonyl (C=O) groups excluding carboxylic acids is 1. The number of rotatable bonds is 7. The van der Waals surface area contributed by atoms with Crippen LogP contribution in [-0.2, 0) is 15.1 Å². The van der Waals surface area contributed by atoms with Gasteiger partial charge in [0.15, 0.2) is 12.2 Å². The van der Waals surface area contributed by atoms with Crippen LogP contribution in [0.4, 0.5) is 0 Å². The molecule has 0 aliphatic heterocycles. The van der Waals surface area contributed by atoms with Gasteiger partial charge in [-0.2, -0.15) is 0 Å². The molecule has 0 aromatic heterocycles. The van der Waals surface area contributed by atoms with Crippen molar-refractivity contribution in [2.24, 2.45) is 5.92 Å². The lowest BCUT2D eigenvalue weighted by Gasteiger charge is -2.36. The van der Waals surface area contributed by atoms with E-state index in [0.717, 1.165) is 32.1 Å². The molecule has 1 saturated carbocycles. The van der Waals surface area contributed by atoms with E-state index < -0.39 is 11.6 Å². The van der Waals surface area contributed by atoms with Gasteiger partial charge in [-0.05, 0) is 38.2 Å². The van der Waals surface area contributed by atoms with Crippen LogP contribution in [0.1, 0.15) is 51.5 Å². The molecule has 142 valence electrons. The molecule has 1 aliphatic carbocycles. The largest absolute Gasteiger partial charge is 0.450 e. The van der Waals surface area contributed by atoms with E-state index >= 15 is 0 Å². The summed E-state index contributed by atoms with van der Waals surface area (Å²) in [5.41, 5.74) is -1.03. The van der Waals surface area contributed by atoms with Crippen molar-refractivity contribution < 1.29 is 20.9 Å². The van der Waals surface area contributed by atoms with Crippen LogP contribution in [0, 0.1) is 17.8 Å². The zero-order chi connectivity index (χ0) is 19.8. The molecule has 1 fully saturated rings. The fraction of sp³-hybridized carbons (Fsp3) is 0.591. The second-order valence-electron chi connectivity index (χ2n) is 6.86. The Morgan fingerprint density at radius 3 is 2.50 bits per heavy atom. The molecule has 1 aromatic rings. The van der Waals surface area contributed by atoms with Crippen LogP contribution in [0.3, 0.4) is 0 Å². The molecule has 0 amide bonds. The van der Waals surface area contributed by atoms with E-state index in [0.29, 0.717) is 25.2 Å². The van der Waals surface area contributed by atoms with E-state index in [-0.39, 0.29) is 17.4 Å². The smallest absolute Gasteiger partial charge is 0.348 e. The first kappa shape index (κ1) is 18.9. The van der Waals surface area contributed by atoms with Crippen molar-refractivity contribution in [3.05, 3.63) is 35.9 Å². The van der Waals surface area contributed by atoms with Gasteiger partial charge in [0.05, 0.1) is 13.1 Å². The quantitative estimate of drug-likeness (QED) is 0.578. The van der Waals surface area contributed by atoms with Crippen LogP contribution in [0.2, 0.25) is 1.41 Å². The van der Waals surface area contributed by atoms with Gasteiger partial charge in [0.25, 0.3) is 0 Å². The van der Waals surface area contributed by atoms with Crippen LogP contribution in [0.5, 0.6) is 0 Å². The van der Waals surface area contributed by atoms with Crippen molar-refractivity contribution in [3.8, 4) is 11.8 Å². The lowest BCUT2D eigenvalue weighted by Crippen LogP contribution is -3.11. The molecule has 2 rings (SSSR count). The number of aliphatic hydroxyl groups is 1. The predicted molar refractivity (Wildman–Crippen MR) is 103 cm³/mol. The van der Waals surface area contributed by atoms with E-state index in [2.05, 4.69) is 11.8 Å². The second kappa shape index (κ2) is 10.4. The monoisotopic (exact) mass is 359 g/mol. The third-order valence-electron chi connectivity index (χ3n) is 5.32. The Balaban J connectivity index is 2.07. The van der Waals surface area contributed by atoms with Crippen LogP contribution >= 0.6 is 0 Å². The molecule has 4 heteroatoms. The molecule has 0 saturated heterocycles. The Morgan fingerprint density at radius 1 is 1.23 bits per heavy atom. The normalized spacial score (nSPS) is 18.2. The van der Waals surface area contributed by atoms with Crippen molar-refractivity contribution in [1.29, 1.82) is 0 Å². The number of quaternary nitrogens is 1. The van der Waals surface area contributed by atoms with E-state index in [9.17, 15) is 9.90 Å². The van der Waals surface area contributed by atoms with Crippen molar-refractivity contribution in [2.45, 2.75) is 51.6 Å². The number of ether oxygens (including phenoxy) is 1. The van der Waals surface area contributed by atoms with Gasteiger partial charge >= 0.3 is 7.38 Å². The highest BCUT2D eigenvalue weighted by atomic mass is 16.5. The Kier molecular flexibility index (Phi) is 7.54. The van der Waals surface area contributed by atoms with Crippen LogP contribution in [0.15, 0.2) is 30.3 Å². The lowest BCUT2D eigenvalue weighted by molar-refractivity contribution is -0.889. The van der Waals surface area contributed by atoms with Gasteiger partial charge in [-0.3, -0.25) is 0 Å². The van der Waals surface area contributed by atoms with Crippen LogP contribution in [-0.4, -0.2) is 37.3 Å². The summed E-state index contributed by atoms with van der Waals surface area (Å²) in [6.45, 7) is 5.62. The number of benzene rings is 1. The third-order valence-corrected chi connectivity index (χ3v) is 5.32. The number of hydrogen-bond donors (Lipinski definition) is 2. The average Bonchev–Trinajstić information content (AvgIpc) is 2.73. The molecule has 2 N–H and O–H groups in total. The van der Waals surface area contributed by atoms with Crippen molar-refractivity contribution >= 4 is 5.97 Å². The third kappa shape index (κ3) is 5.09. The van der Waals surface area contributed by atoms with Gasteiger partial charge in [-0.1, -0.05) is 55.5 Å². The Labute approximate surface area is 159 Å². The molecule has 0 bridgehead atoms. The maximum absolute atomic E-state index is 12.9. The zero-order valence-electron chi connectivity index (χ0n) is 17.0. The standard InChI is InChI=1S/C22H31NO3/c1-3-23(4-2)17-11-12-18-26-21(24)22(25,19-13-7-5-8-14-19)20-15-9-6-10-16-20/h5,7-8,13-14,20,25H,3-4,6,9-10,15-18H2,1-2H3/p+1/i/hD. The van der Waals surface area contributed by atoms with Gasteiger partial charge < -0.3 is 14.7 Å². The molecule has 0 spiro atoms. The van der Waals surface area contributed by atoms with Crippen LogP contribution < -0.4 is 4.89 Å². The summed E-state index contributed by atoms with van der Waals surface area (Å²) < 4.78 is 13.5. The van der Waals surface area contributed by atoms with Gasteiger partial charge in [0.2, 0.25) is 0 Å². The SMILES string of the molecule is [2H][N+](CC)(CC)CC#CCOC(=O)C(O)(c1ccccc1)C1CCCCC1. The Morgan fingerprint density at radius 2 is 1.88 bits per heavy atom. The van der Waals surface area contributed by atoms with E-state index in [1.54, 1.807) is 12.1 Å². The molecule has 1 aliphatic rings. The maximum atomic E-state index is 12.9. The molecule has 0 heterocycles. The fourth-order valence-corrected chi connectivity index (χ4v) is 3.61.